The van der Waals surface area contributed by atoms with Crippen molar-refractivity contribution in [1.29, 1.82) is 0 Å². The number of aliphatic hydroxyl groups excluding tert-OH is 1. The van der Waals surface area contributed by atoms with E-state index in [-0.39, 0.29) is 18.4 Å². The molecule has 1 unspecified atom stereocenters. The Kier molecular flexibility index (Phi) is 10.9. The summed E-state index contributed by atoms with van der Waals surface area (Å²) in [5.74, 6) is -0.626. The van der Waals surface area contributed by atoms with E-state index in [2.05, 4.69) is 6.92 Å². The summed E-state index contributed by atoms with van der Waals surface area (Å²) >= 11 is 0. The van der Waals surface area contributed by atoms with E-state index in [0.717, 1.165) is 38.5 Å². The van der Waals surface area contributed by atoms with Gasteiger partial charge in [0.05, 0.1) is 12.1 Å². The fourth-order valence-electron chi connectivity index (χ4n) is 3.02. The standard InChI is InChI=1S/C20H33NO4/c1-2-3-6-11-18(22)15-14-17-10-9-12-19(23)21(17)16-8-5-4-7-13-20(24)25/h5,8,14-15,17-18,22H,2-4,6-7,9-13,16H2,1H3,(H,24,25)/t17-,18?/m1/s1. The van der Waals surface area contributed by atoms with Crippen LogP contribution in [0.4, 0.5) is 0 Å². The minimum Gasteiger partial charge on any atom is -0.481 e. The second-order valence-electron chi connectivity index (χ2n) is 6.71. The van der Waals surface area contributed by atoms with Crippen molar-refractivity contribution in [3.05, 3.63) is 24.3 Å². The summed E-state index contributed by atoms with van der Waals surface area (Å²) in [7, 11) is 0. The lowest BCUT2D eigenvalue weighted by atomic mass is 10.00. The zero-order valence-electron chi connectivity index (χ0n) is 15.4. The van der Waals surface area contributed by atoms with Crippen molar-refractivity contribution in [3.8, 4) is 0 Å². The number of unbranched alkanes of at least 4 members (excludes halogenated alkanes) is 3. The van der Waals surface area contributed by atoms with Crippen LogP contribution in [0.5, 0.6) is 0 Å². The molecule has 1 saturated heterocycles. The number of allylic oxidation sites excluding steroid dienone is 1. The molecule has 5 nitrogen and oxygen atoms in total. The van der Waals surface area contributed by atoms with Crippen molar-refractivity contribution in [2.45, 2.75) is 83.3 Å². The lowest BCUT2D eigenvalue weighted by Gasteiger charge is -2.33. The van der Waals surface area contributed by atoms with Gasteiger partial charge < -0.3 is 15.1 Å². The molecule has 1 fully saturated rings. The molecular weight excluding hydrogens is 318 g/mol. The molecule has 0 saturated carbocycles. The first-order valence-electron chi connectivity index (χ1n) is 9.57. The normalized spacial score (nSPS) is 19.8. The van der Waals surface area contributed by atoms with Gasteiger partial charge in [0, 0.05) is 19.4 Å². The maximum Gasteiger partial charge on any atom is 0.303 e. The Bertz CT molecular complexity index is 459. The molecule has 0 aromatic rings. The molecule has 5 heteroatoms. The number of carboxylic acid groups (broad SMARTS) is 1. The number of aliphatic hydroxyl groups is 1. The maximum absolute atomic E-state index is 12.2. The second kappa shape index (κ2) is 12.7. The molecule has 25 heavy (non-hydrogen) atoms. The van der Waals surface area contributed by atoms with Gasteiger partial charge in [-0.15, -0.1) is 0 Å². The number of carboxylic acids is 1. The van der Waals surface area contributed by atoms with Gasteiger partial charge in [0.1, 0.15) is 0 Å². The van der Waals surface area contributed by atoms with Crippen LogP contribution in [0.15, 0.2) is 24.3 Å². The topological polar surface area (TPSA) is 77.8 Å². The van der Waals surface area contributed by atoms with Gasteiger partial charge in [-0.1, -0.05) is 50.5 Å². The third-order valence-corrected chi connectivity index (χ3v) is 4.50. The summed E-state index contributed by atoms with van der Waals surface area (Å²) in [5.41, 5.74) is 0. The number of aliphatic carboxylic acids is 1. The lowest BCUT2D eigenvalue weighted by molar-refractivity contribution is -0.137. The molecule has 0 spiro atoms. The Morgan fingerprint density at radius 3 is 2.84 bits per heavy atom. The van der Waals surface area contributed by atoms with Crippen molar-refractivity contribution < 1.29 is 19.8 Å². The van der Waals surface area contributed by atoms with Crippen LogP contribution in [0, 0.1) is 0 Å². The summed E-state index contributed by atoms with van der Waals surface area (Å²) in [6.45, 7) is 2.69. The quantitative estimate of drug-likeness (QED) is 0.415. The number of amides is 1. The smallest absolute Gasteiger partial charge is 0.303 e. The van der Waals surface area contributed by atoms with Crippen LogP contribution >= 0.6 is 0 Å². The fraction of sp³-hybridized carbons (Fsp3) is 0.700. The number of carbonyl (C=O) groups is 2. The van der Waals surface area contributed by atoms with E-state index >= 15 is 0 Å². The molecule has 1 aliphatic heterocycles. The number of carbonyl (C=O) groups excluding carboxylic acids is 1. The fourth-order valence-corrected chi connectivity index (χ4v) is 3.02. The third-order valence-electron chi connectivity index (χ3n) is 4.50. The summed E-state index contributed by atoms with van der Waals surface area (Å²) in [5, 5.41) is 18.6. The molecular formula is C20H33NO4. The first kappa shape index (κ1) is 21.4. The minimum atomic E-state index is -0.776. The lowest BCUT2D eigenvalue weighted by Crippen LogP contribution is -2.42. The Balaban J connectivity index is 2.45. The monoisotopic (exact) mass is 351 g/mol. The van der Waals surface area contributed by atoms with Crippen molar-refractivity contribution in [2.24, 2.45) is 0 Å². The predicted octanol–water partition coefficient (Wildman–Crippen LogP) is 3.68. The van der Waals surface area contributed by atoms with Gasteiger partial charge in [0.2, 0.25) is 5.91 Å². The van der Waals surface area contributed by atoms with Gasteiger partial charge in [-0.3, -0.25) is 9.59 Å². The molecule has 1 rings (SSSR count). The van der Waals surface area contributed by atoms with Gasteiger partial charge in [0.15, 0.2) is 0 Å². The van der Waals surface area contributed by atoms with E-state index in [4.69, 9.17) is 5.11 Å². The molecule has 0 bridgehead atoms. The molecule has 2 N–H and O–H groups in total. The molecule has 1 amide bonds. The van der Waals surface area contributed by atoms with E-state index in [0.29, 0.717) is 25.8 Å². The van der Waals surface area contributed by atoms with Crippen molar-refractivity contribution >= 4 is 11.9 Å². The van der Waals surface area contributed by atoms with E-state index < -0.39 is 12.1 Å². The maximum atomic E-state index is 12.2. The number of rotatable bonds is 12. The van der Waals surface area contributed by atoms with Gasteiger partial charge in [-0.25, -0.2) is 0 Å². The molecule has 0 aromatic carbocycles. The Hall–Kier alpha value is -1.62. The van der Waals surface area contributed by atoms with Crippen LogP contribution in [0.3, 0.4) is 0 Å². The summed E-state index contributed by atoms with van der Waals surface area (Å²) in [6, 6.07) is 0.0470. The third kappa shape index (κ3) is 9.44. The average molecular weight is 351 g/mol. The SMILES string of the molecule is CCCCCC(O)C=C[C@H]1CCCC(=O)N1CC=CCCCC(=O)O. The zero-order valence-corrected chi connectivity index (χ0v) is 15.4. The highest BCUT2D eigenvalue weighted by Gasteiger charge is 2.25. The first-order valence-corrected chi connectivity index (χ1v) is 9.57. The summed E-state index contributed by atoms with van der Waals surface area (Å²) < 4.78 is 0. The van der Waals surface area contributed by atoms with E-state index in [1.54, 1.807) is 0 Å². The molecule has 142 valence electrons. The number of likely N-dealkylation sites (tertiary alicyclic amines) is 1. The van der Waals surface area contributed by atoms with Crippen molar-refractivity contribution in [2.75, 3.05) is 6.54 Å². The number of hydrogen-bond donors (Lipinski definition) is 2. The van der Waals surface area contributed by atoms with Crippen molar-refractivity contribution in [3.63, 3.8) is 0 Å². The Labute approximate surface area is 151 Å². The first-order chi connectivity index (χ1) is 12.0. The van der Waals surface area contributed by atoms with Gasteiger partial charge in [0.25, 0.3) is 0 Å². The van der Waals surface area contributed by atoms with Crippen LogP contribution in [-0.2, 0) is 9.59 Å². The molecule has 0 radical (unpaired) electrons. The van der Waals surface area contributed by atoms with Crippen LogP contribution in [-0.4, -0.2) is 45.7 Å². The minimum absolute atomic E-state index is 0.0470. The largest absolute Gasteiger partial charge is 0.481 e. The molecule has 1 heterocycles. The summed E-state index contributed by atoms with van der Waals surface area (Å²) in [6.07, 6.45) is 15.2. The second-order valence-corrected chi connectivity index (χ2v) is 6.71. The van der Waals surface area contributed by atoms with Crippen LogP contribution in [0.1, 0.15) is 71.1 Å². The van der Waals surface area contributed by atoms with Crippen LogP contribution < -0.4 is 0 Å². The number of hydrogen-bond acceptors (Lipinski definition) is 3. The van der Waals surface area contributed by atoms with Crippen LogP contribution in [0.25, 0.3) is 0 Å². The van der Waals surface area contributed by atoms with Gasteiger partial charge in [-0.05, 0) is 32.1 Å². The van der Waals surface area contributed by atoms with Gasteiger partial charge >= 0.3 is 5.97 Å². The van der Waals surface area contributed by atoms with Crippen molar-refractivity contribution in [1.82, 2.24) is 4.90 Å². The predicted molar refractivity (Wildman–Crippen MR) is 99.3 cm³/mol. The van der Waals surface area contributed by atoms with E-state index in [1.165, 1.54) is 0 Å². The number of nitrogens with zero attached hydrogens (tertiary/aromatic N) is 1. The molecule has 1 aliphatic rings. The molecule has 0 aliphatic carbocycles. The van der Waals surface area contributed by atoms with E-state index in [1.807, 2.05) is 29.2 Å². The Morgan fingerprint density at radius 2 is 2.12 bits per heavy atom. The Morgan fingerprint density at radius 1 is 1.32 bits per heavy atom. The molecule has 2 atom stereocenters. The number of piperidine rings is 1. The molecule has 0 aromatic heterocycles. The van der Waals surface area contributed by atoms with E-state index in [9.17, 15) is 14.7 Å². The highest BCUT2D eigenvalue weighted by atomic mass is 16.4. The van der Waals surface area contributed by atoms with Gasteiger partial charge in [-0.2, -0.15) is 0 Å². The summed E-state index contributed by atoms with van der Waals surface area (Å²) in [4.78, 5) is 24.5. The highest BCUT2D eigenvalue weighted by molar-refractivity contribution is 5.77. The highest BCUT2D eigenvalue weighted by Crippen LogP contribution is 2.20. The van der Waals surface area contributed by atoms with Crippen LogP contribution in [0.2, 0.25) is 0 Å². The average Bonchev–Trinajstić information content (AvgIpc) is 2.57. The zero-order chi connectivity index (χ0) is 18.5.